The normalized spacial score (nSPS) is 15.9. The maximum atomic E-state index is 12.8. The number of nitrogens with one attached hydrogen (secondary N) is 1. The first-order valence-corrected chi connectivity index (χ1v) is 10.6. The van der Waals surface area contributed by atoms with Crippen molar-refractivity contribution < 1.29 is 22.7 Å². The molecule has 2 aromatic rings. The van der Waals surface area contributed by atoms with Crippen molar-refractivity contribution in [1.82, 2.24) is 0 Å². The van der Waals surface area contributed by atoms with Crippen molar-refractivity contribution in [2.75, 3.05) is 29.6 Å². The number of anilines is 2. The van der Waals surface area contributed by atoms with E-state index in [0.29, 0.717) is 34.9 Å². The van der Waals surface area contributed by atoms with Gasteiger partial charge in [0, 0.05) is 17.7 Å². The maximum Gasteiger partial charge on any atom is 0.255 e. The first-order chi connectivity index (χ1) is 13.3. The van der Waals surface area contributed by atoms with E-state index in [0.717, 1.165) is 5.56 Å². The molecule has 8 heteroatoms. The Morgan fingerprint density at radius 3 is 2.57 bits per heavy atom. The van der Waals surface area contributed by atoms with Crippen LogP contribution in [0.3, 0.4) is 0 Å². The lowest BCUT2D eigenvalue weighted by Crippen LogP contribution is -2.36. The third-order valence-electron chi connectivity index (χ3n) is 4.81. The van der Waals surface area contributed by atoms with E-state index >= 15 is 0 Å². The van der Waals surface area contributed by atoms with Crippen molar-refractivity contribution in [2.24, 2.45) is 0 Å². The quantitative estimate of drug-likeness (QED) is 0.800. The molecule has 0 radical (unpaired) electrons. The molecule has 0 aromatic heterocycles. The molecule has 28 heavy (non-hydrogen) atoms. The van der Waals surface area contributed by atoms with E-state index < -0.39 is 10.0 Å². The summed E-state index contributed by atoms with van der Waals surface area (Å²) >= 11 is 0. The minimum atomic E-state index is -3.36. The van der Waals surface area contributed by atoms with E-state index in [2.05, 4.69) is 5.32 Å². The molecule has 1 aliphatic heterocycles. The zero-order valence-electron chi connectivity index (χ0n) is 16.4. The summed E-state index contributed by atoms with van der Waals surface area (Å²) in [5.74, 6) is 0.844. The smallest absolute Gasteiger partial charge is 0.255 e. The van der Waals surface area contributed by atoms with E-state index in [1.54, 1.807) is 50.4 Å². The van der Waals surface area contributed by atoms with Crippen molar-refractivity contribution in [1.29, 1.82) is 0 Å². The number of amides is 1. The average molecular weight is 404 g/mol. The molecule has 0 saturated heterocycles. The second-order valence-electron chi connectivity index (χ2n) is 6.61. The molecule has 1 aliphatic rings. The summed E-state index contributed by atoms with van der Waals surface area (Å²) in [6.07, 6.45) is 0.568. The van der Waals surface area contributed by atoms with E-state index in [1.165, 1.54) is 11.4 Å². The molecule has 3 rings (SSSR count). The van der Waals surface area contributed by atoms with Crippen LogP contribution in [0.4, 0.5) is 11.4 Å². The van der Waals surface area contributed by atoms with Crippen LogP contribution in [0.1, 0.15) is 29.8 Å². The minimum Gasteiger partial charge on any atom is -0.497 e. The van der Waals surface area contributed by atoms with Crippen LogP contribution in [0.15, 0.2) is 36.4 Å². The fourth-order valence-electron chi connectivity index (χ4n) is 3.41. The largest absolute Gasteiger partial charge is 0.497 e. The predicted octanol–water partition coefficient (Wildman–Crippen LogP) is 3.06. The number of carbonyl (C=O) groups excluding carboxylic acids is 1. The number of rotatable bonds is 6. The van der Waals surface area contributed by atoms with Gasteiger partial charge in [-0.2, -0.15) is 0 Å². The Balaban J connectivity index is 1.89. The summed E-state index contributed by atoms with van der Waals surface area (Å²) in [7, 11) is -0.285. The molecule has 1 N–H and O–H groups in total. The Bertz CT molecular complexity index is 1000. The zero-order valence-corrected chi connectivity index (χ0v) is 17.2. The molecule has 7 nitrogen and oxygen atoms in total. The Morgan fingerprint density at radius 2 is 1.93 bits per heavy atom. The minimum absolute atomic E-state index is 0.0364. The molecule has 2 aromatic carbocycles. The molecule has 1 amide bonds. The third kappa shape index (κ3) is 3.64. The van der Waals surface area contributed by atoms with Crippen molar-refractivity contribution in [3.05, 3.63) is 47.5 Å². The molecule has 150 valence electrons. The molecule has 0 fully saturated rings. The highest BCUT2D eigenvalue weighted by Crippen LogP contribution is 2.36. The standard InChI is InChI=1S/C20H24N2O5S/c1-5-28(24,25)22-13(2)10-15-11-14(6-8-18(15)22)20(23)21-17-12-16(26-3)7-9-19(17)27-4/h6-9,11-13H,5,10H2,1-4H3,(H,21,23)/t13-/m0/s1. The first kappa shape index (κ1) is 20.0. The Hall–Kier alpha value is -2.74. The number of carbonyl (C=O) groups is 1. The number of sulfonamides is 1. The van der Waals surface area contributed by atoms with Gasteiger partial charge in [-0.1, -0.05) is 0 Å². The van der Waals surface area contributed by atoms with E-state index in [4.69, 9.17) is 9.47 Å². The number of benzene rings is 2. The van der Waals surface area contributed by atoms with Gasteiger partial charge in [-0.15, -0.1) is 0 Å². The van der Waals surface area contributed by atoms with E-state index in [1.807, 2.05) is 6.92 Å². The van der Waals surface area contributed by atoms with Gasteiger partial charge in [0.15, 0.2) is 0 Å². The van der Waals surface area contributed by atoms with Crippen LogP contribution in [0, 0.1) is 0 Å². The zero-order chi connectivity index (χ0) is 20.5. The number of hydrogen-bond donors (Lipinski definition) is 1. The Morgan fingerprint density at radius 1 is 1.18 bits per heavy atom. The monoisotopic (exact) mass is 404 g/mol. The fourth-order valence-corrected chi connectivity index (χ4v) is 4.79. The number of hydrogen-bond acceptors (Lipinski definition) is 5. The van der Waals surface area contributed by atoms with Crippen molar-refractivity contribution in [3.63, 3.8) is 0 Å². The Labute approximate surface area is 165 Å². The molecular weight excluding hydrogens is 380 g/mol. The number of nitrogens with zero attached hydrogens (tertiary/aromatic N) is 1. The summed E-state index contributed by atoms with van der Waals surface area (Å²) < 4.78 is 36.7. The van der Waals surface area contributed by atoms with Crippen LogP contribution in [-0.4, -0.2) is 40.3 Å². The van der Waals surface area contributed by atoms with Gasteiger partial charge in [-0.05, 0) is 56.2 Å². The van der Waals surface area contributed by atoms with Gasteiger partial charge in [-0.25, -0.2) is 8.42 Å². The molecule has 0 unspecified atom stereocenters. The number of fused-ring (bicyclic) bond motifs is 1. The summed E-state index contributed by atoms with van der Waals surface area (Å²) in [5.41, 5.74) is 2.43. The summed E-state index contributed by atoms with van der Waals surface area (Å²) in [5, 5.41) is 2.83. The molecule has 1 atom stereocenters. The molecular formula is C20H24N2O5S. The van der Waals surface area contributed by atoms with Crippen LogP contribution in [0.5, 0.6) is 11.5 Å². The Kier molecular flexibility index (Phi) is 5.51. The highest BCUT2D eigenvalue weighted by molar-refractivity contribution is 7.92. The van der Waals surface area contributed by atoms with Crippen LogP contribution < -0.4 is 19.1 Å². The van der Waals surface area contributed by atoms with Gasteiger partial charge in [0.05, 0.1) is 31.3 Å². The van der Waals surface area contributed by atoms with Gasteiger partial charge in [-0.3, -0.25) is 9.10 Å². The molecule has 1 heterocycles. The van der Waals surface area contributed by atoms with Gasteiger partial charge in [0.25, 0.3) is 5.91 Å². The van der Waals surface area contributed by atoms with E-state index in [-0.39, 0.29) is 17.7 Å². The number of ether oxygens (including phenoxy) is 2. The molecule has 0 spiro atoms. The third-order valence-corrected chi connectivity index (χ3v) is 6.70. The highest BCUT2D eigenvalue weighted by atomic mass is 32.2. The van der Waals surface area contributed by atoms with E-state index in [9.17, 15) is 13.2 Å². The lowest BCUT2D eigenvalue weighted by molar-refractivity contribution is 0.102. The lowest BCUT2D eigenvalue weighted by Gasteiger charge is -2.23. The summed E-state index contributed by atoms with van der Waals surface area (Å²) in [6, 6.07) is 10.1. The summed E-state index contributed by atoms with van der Waals surface area (Å²) in [4.78, 5) is 12.8. The second kappa shape index (κ2) is 7.71. The topological polar surface area (TPSA) is 84.9 Å². The highest BCUT2D eigenvalue weighted by Gasteiger charge is 2.34. The summed E-state index contributed by atoms with van der Waals surface area (Å²) in [6.45, 7) is 3.50. The van der Waals surface area contributed by atoms with Crippen molar-refractivity contribution >= 4 is 27.3 Å². The lowest BCUT2D eigenvalue weighted by atomic mass is 10.1. The molecule has 0 aliphatic carbocycles. The van der Waals surface area contributed by atoms with Crippen LogP contribution in [-0.2, 0) is 16.4 Å². The van der Waals surface area contributed by atoms with Gasteiger partial charge in [0.1, 0.15) is 11.5 Å². The van der Waals surface area contributed by atoms with Gasteiger partial charge < -0.3 is 14.8 Å². The SMILES string of the molecule is CCS(=O)(=O)N1c2ccc(C(=O)Nc3cc(OC)ccc3OC)cc2C[C@@H]1C. The van der Waals surface area contributed by atoms with Crippen LogP contribution in [0.25, 0.3) is 0 Å². The van der Waals surface area contributed by atoms with Gasteiger partial charge in [0.2, 0.25) is 10.0 Å². The average Bonchev–Trinajstić information content (AvgIpc) is 3.03. The van der Waals surface area contributed by atoms with Crippen LogP contribution in [0.2, 0.25) is 0 Å². The predicted molar refractivity (Wildman–Crippen MR) is 109 cm³/mol. The fraction of sp³-hybridized carbons (Fsp3) is 0.350. The molecule has 0 saturated carbocycles. The van der Waals surface area contributed by atoms with Gasteiger partial charge >= 0.3 is 0 Å². The first-order valence-electron chi connectivity index (χ1n) is 8.99. The maximum absolute atomic E-state index is 12.8. The molecule has 0 bridgehead atoms. The number of methoxy groups -OCH3 is 2. The second-order valence-corrected chi connectivity index (χ2v) is 8.75. The van der Waals surface area contributed by atoms with Crippen molar-refractivity contribution in [3.8, 4) is 11.5 Å². The van der Waals surface area contributed by atoms with Crippen LogP contribution >= 0.6 is 0 Å². The van der Waals surface area contributed by atoms with Crippen molar-refractivity contribution in [2.45, 2.75) is 26.3 Å².